The molecule has 0 bridgehead atoms. The summed E-state index contributed by atoms with van der Waals surface area (Å²) in [5, 5.41) is 5.58. The standard InChI is InChI=1S/C24H23N3O3/c1-24(2)29-22-16(12-26-28)19-14-8-4-6-10-18(14)27-21(19)20(23(22)30-24)15-11-25-17-9-5-3-7-13(15)17/h3-11,16,20,22-23,25,27H,12H2,1-2H3. The summed E-state index contributed by atoms with van der Waals surface area (Å²) in [6.07, 6.45) is 1.61. The van der Waals surface area contributed by atoms with E-state index in [-0.39, 0.29) is 30.6 Å². The largest absolute Gasteiger partial charge is 0.361 e. The number of hydrogen-bond donors (Lipinski definition) is 2. The number of aromatic nitrogens is 2. The van der Waals surface area contributed by atoms with E-state index in [1.807, 2.05) is 32.0 Å². The van der Waals surface area contributed by atoms with Gasteiger partial charge in [-0.2, -0.15) is 4.91 Å². The van der Waals surface area contributed by atoms with Gasteiger partial charge < -0.3 is 19.4 Å². The molecule has 1 aliphatic carbocycles. The summed E-state index contributed by atoms with van der Waals surface area (Å²) in [5.74, 6) is -0.916. The van der Waals surface area contributed by atoms with Crippen molar-refractivity contribution < 1.29 is 9.47 Å². The van der Waals surface area contributed by atoms with Gasteiger partial charge in [0, 0.05) is 39.6 Å². The van der Waals surface area contributed by atoms with Crippen molar-refractivity contribution in [2.24, 2.45) is 5.18 Å². The first kappa shape index (κ1) is 17.9. The molecule has 2 aromatic carbocycles. The molecule has 2 N–H and O–H groups in total. The number of rotatable bonds is 3. The van der Waals surface area contributed by atoms with Gasteiger partial charge in [0.25, 0.3) is 0 Å². The molecule has 6 nitrogen and oxygen atoms in total. The highest BCUT2D eigenvalue weighted by molar-refractivity contribution is 5.88. The maximum absolute atomic E-state index is 11.4. The second kappa shape index (κ2) is 6.27. The molecule has 0 saturated carbocycles. The fourth-order valence-electron chi connectivity index (χ4n) is 5.50. The number of ether oxygens (including phenoxy) is 2. The average Bonchev–Trinajstić information content (AvgIpc) is 3.41. The Balaban J connectivity index is 1.65. The highest BCUT2D eigenvalue weighted by Crippen LogP contribution is 2.53. The van der Waals surface area contributed by atoms with Gasteiger partial charge in [0.05, 0.1) is 18.6 Å². The van der Waals surface area contributed by atoms with Gasteiger partial charge in [-0.25, -0.2) is 0 Å². The lowest BCUT2D eigenvalue weighted by molar-refractivity contribution is -0.147. The Kier molecular flexibility index (Phi) is 3.73. The van der Waals surface area contributed by atoms with Crippen LogP contribution in [0.15, 0.2) is 59.9 Å². The van der Waals surface area contributed by atoms with Gasteiger partial charge >= 0.3 is 0 Å². The summed E-state index contributed by atoms with van der Waals surface area (Å²) in [6.45, 7) is 4.04. The lowest BCUT2D eigenvalue weighted by Gasteiger charge is -2.36. The van der Waals surface area contributed by atoms with Crippen LogP contribution in [0.5, 0.6) is 0 Å². The summed E-state index contributed by atoms with van der Waals surface area (Å²) in [5.41, 5.74) is 5.55. The predicted octanol–water partition coefficient (Wildman–Crippen LogP) is 5.16. The van der Waals surface area contributed by atoms with Crippen LogP contribution in [0, 0.1) is 4.91 Å². The number of hydrogen-bond acceptors (Lipinski definition) is 4. The third kappa shape index (κ3) is 2.44. The molecule has 4 aromatic rings. The van der Waals surface area contributed by atoms with E-state index in [1.165, 1.54) is 10.9 Å². The van der Waals surface area contributed by atoms with Crippen LogP contribution in [0.4, 0.5) is 0 Å². The maximum Gasteiger partial charge on any atom is 0.163 e. The summed E-state index contributed by atoms with van der Waals surface area (Å²) >= 11 is 0. The molecular weight excluding hydrogens is 378 g/mol. The zero-order valence-electron chi connectivity index (χ0n) is 16.9. The molecule has 152 valence electrons. The Bertz CT molecular complexity index is 1270. The molecule has 2 aliphatic rings. The van der Waals surface area contributed by atoms with E-state index < -0.39 is 5.79 Å². The van der Waals surface area contributed by atoms with Gasteiger partial charge in [-0.1, -0.05) is 41.6 Å². The van der Waals surface area contributed by atoms with Crippen molar-refractivity contribution in [1.29, 1.82) is 0 Å². The average molecular weight is 401 g/mol. The highest BCUT2D eigenvalue weighted by atomic mass is 16.8. The van der Waals surface area contributed by atoms with Crippen LogP contribution in [-0.4, -0.2) is 34.5 Å². The molecule has 4 unspecified atom stereocenters. The molecule has 2 aromatic heterocycles. The third-order valence-electron chi connectivity index (χ3n) is 6.57. The minimum Gasteiger partial charge on any atom is -0.361 e. The summed E-state index contributed by atoms with van der Waals surface area (Å²) in [4.78, 5) is 18.5. The van der Waals surface area contributed by atoms with Gasteiger partial charge in [0.15, 0.2) is 5.79 Å². The van der Waals surface area contributed by atoms with Crippen molar-refractivity contribution in [3.8, 4) is 0 Å². The number of H-pyrrole nitrogens is 2. The van der Waals surface area contributed by atoms with E-state index in [0.29, 0.717) is 0 Å². The van der Waals surface area contributed by atoms with Gasteiger partial charge in [-0.15, -0.1) is 0 Å². The van der Waals surface area contributed by atoms with Gasteiger partial charge in [0.2, 0.25) is 0 Å². The Morgan fingerprint density at radius 2 is 1.67 bits per heavy atom. The maximum atomic E-state index is 11.4. The van der Waals surface area contributed by atoms with Gasteiger partial charge in [0.1, 0.15) is 6.10 Å². The van der Waals surface area contributed by atoms with Crippen LogP contribution >= 0.6 is 0 Å². The Morgan fingerprint density at radius 1 is 0.967 bits per heavy atom. The van der Waals surface area contributed by atoms with Crippen molar-refractivity contribution in [2.45, 2.75) is 43.7 Å². The van der Waals surface area contributed by atoms with Crippen LogP contribution in [0.25, 0.3) is 21.8 Å². The van der Waals surface area contributed by atoms with E-state index in [9.17, 15) is 4.91 Å². The number of benzene rings is 2. The van der Waals surface area contributed by atoms with Crippen molar-refractivity contribution >= 4 is 21.8 Å². The van der Waals surface area contributed by atoms with Gasteiger partial charge in [-0.3, -0.25) is 0 Å². The Morgan fingerprint density at radius 3 is 2.47 bits per heavy atom. The minimum atomic E-state index is -0.722. The number of nitrogens with one attached hydrogen (secondary N) is 2. The first-order chi connectivity index (χ1) is 14.6. The molecule has 6 rings (SSSR count). The zero-order chi connectivity index (χ0) is 20.5. The van der Waals surface area contributed by atoms with Crippen LogP contribution in [-0.2, 0) is 9.47 Å². The second-order valence-corrected chi connectivity index (χ2v) is 8.75. The fraction of sp³-hybridized carbons (Fsp3) is 0.333. The SMILES string of the molecule is CC1(C)OC2C(CN=O)c3c([nH]c4ccccc34)C(c3c[nH]c4ccccc34)C2O1. The molecule has 4 atom stereocenters. The number of nitrogens with zero attached hydrogens (tertiary/aromatic N) is 1. The van der Waals surface area contributed by atoms with Crippen molar-refractivity contribution in [3.05, 3.63) is 76.5 Å². The zero-order valence-corrected chi connectivity index (χ0v) is 16.9. The van der Waals surface area contributed by atoms with Crippen LogP contribution < -0.4 is 0 Å². The highest BCUT2D eigenvalue weighted by Gasteiger charge is 2.54. The number of aromatic amines is 2. The van der Waals surface area contributed by atoms with Crippen LogP contribution in [0.2, 0.25) is 0 Å². The lowest BCUT2D eigenvalue weighted by Crippen LogP contribution is -2.41. The molecule has 30 heavy (non-hydrogen) atoms. The van der Waals surface area contributed by atoms with Crippen LogP contribution in [0.3, 0.4) is 0 Å². The molecule has 1 aliphatic heterocycles. The minimum absolute atomic E-state index is 0.0433. The van der Waals surface area contributed by atoms with E-state index in [2.05, 4.69) is 51.7 Å². The molecule has 1 fully saturated rings. The molecule has 0 amide bonds. The quantitative estimate of drug-likeness (QED) is 0.465. The summed E-state index contributed by atoms with van der Waals surface area (Å²) in [7, 11) is 0. The Labute approximate surface area is 173 Å². The van der Waals surface area contributed by atoms with Gasteiger partial charge in [-0.05, 0) is 37.1 Å². The molecular formula is C24H23N3O3. The monoisotopic (exact) mass is 401 g/mol. The van der Waals surface area contributed by atoms with E-state index in [0.717, 1.165) is 27.7 Å². The van der Waals surface area contributed by atoms with Crippen LogP contribution in [0.1, 0.15) is 42.5 Å². The molecule has 0 radical (unpaired) electrons. The number of nitroso groups, excluding NO2 is 1. The first-order valence-electron chi connectivity index (χ1n) is 10.4. The molecule has 6 heteroatoms. The predicted molar refractivity (Wildman–Crippen MR) is 116 cm³/mol. The Hall–Kier alpha value is -2.96. The van der Waals surface area contributed by atoms with E-state index in [1.54, 1.807) is 0 Å². The summed E-state index contributed by atoms with van der Waals surface area (Å²) in [6, 6.07) is 16.5. The fourth-order valence-corrected chi connectivity index (χ4v) is 5.50. The van der Waals surface area contributed by atoms with Crippen molar-refractivity contribution in [1.82, 2.24) is 9.97 Å². The number of para-hydroxylation sites is 2. The molecule has 3 heterocycles. The molecule has 0 spiro atoms. The summed E-state index contributed by atoms with van der Waals surface area (Å²) < 4.78 is 12.9. The topological polar surface area (TPSA) is 79.5 Å². The van der Waals surface area contributed by atoms with E-state index >= 15 is 0 Å². The third-order valence-corrected chi connectivity index (χ3v) is 6.57. The first-order valence-corrected chi connectivity index (χ1v) is 10.4. The second-order valence-electron chi connectivity index (χ2n) is 8.75. The lowest BCUT2D eigenvalue weighted by atomic mass is 9.73. The van der Waals surface area contributed by atoms with E-state index in [4.69, 9.17) is 9.47 Å². The molecule has 1 saturated heterocycles. The smallest absolute Gasteiger partial charge is 0.163 e. The van der Waals surface area contributed by atoms with Crippen molar-refractivity contribution in [3.63, 3.8) is 0 Å². The normalized spacial score (nSPS) is 27.3. The van der Waals surface area contributed by atoms with Crippen molar-refractivity contribution in [2.75, 3.05) is 6.54 Å². The number of fused-ring (bicyclic) bond motifs is 5.